The van der Waals surface area contributed by atoms with Crippen molar-refractivity contribution in [1.29, 1.82) is 0 Å². The summed E-state index contributed by atoms with van der Waals surface area (Å²) in [4.78, 5) is 4.01. The fourth-order valence-electron chi connectivity index (χ4n) is 2.92. The lowest BCUT2D eigenvalue weighted by Crippen LogP contribution is -2.43. The summed E-state index contributed by atoms with van der Waals surface area (Å²) >= 11 is 0. The molecule has 1 saturated carbocycles. The molecule has 1 aromatic heterocycles. The Morgan fingerprint density at radius 2 is 2.18 bits per heavy atom. The van der Waals surface area contributed by atoms with Crippen LogP contribution >= 0.6 is 0 Å². The topological polar surface area (TPSA) is 97.0 Å². The van der Waals surface area contributed by atoms with Gasteiger partial charge in [0.2, 0.25) is 15.9 Å². The quantitative estimate of drug-likeness (QED) is 0.807. The van der Waals surface area contributed by atoms with Crippen molar-refractivity contribution < 1.29 is 21.9 Å². The average Bonchev–Trinajstić information content (AvgIpc) is 3.05. The predicted octanol–water partition coefficient (Wildman–Crippen LogP) is 0.990. The molecular formula is C12H18F2N4O3S. The minimum absolute atomic E-state index is 0.149. The summed E-state index contributed by atoms with van der Waals surface area (Å²) in [6, 6.07) is 0. The van der Waals surface area contributed by atoms with Crippen LogP contribution in [0.2, 0.25) is 0 Å². The van der Waals surface area contributed by atoms with Crippen molar-refractivity contribution in [2.75, 3.05) is 12.3 Å². The van der Waals surface area contributed by atoms with E-state index in [1.807, 2.05) is 0 Å². The molecule has 2 N–H and O–H groups in total. The number of nitrogens with zero attached hydrogens (tertiary/aromatic N) is 2. The summed E-state index contributed by atoms with van der Waals surface area (Å²) in [5.41, 5.74) is 0. The zero-order valence-electron chi connectivity index (χ0n) is 11.8. The van der Waals surface area contributed by atoms with Crippen molar-refractivity contribution in [2.24, 2.45) is 5.92 Å². The number of nitrogens with one attached hydrogen (secondary N) is 2. The van der Waals surface area contributed by atoms with Crippen LogP contribution in [-0.4, -0.2) is 47.9 Å². The van der Waals surface area contributed by atoms with Crippen LogP contribution in [0.15, 0.2) is 6.33 Å². The summed E-state index contributed by atoms with van der Waals surface area (Å²) in [6.07, 6.45) is 1.69. The number of aromatic nitrogens is 3. The lowest BCUT2D eigenvalue weighted by Gasteiger charge is -2.34. The normalized spacial score (nSPS) is 28.6. The van der Waals surface area contributed by atoms with Gasteiger partial charge >= 0.3 is 0 Å². The lowest BCUT2D eigenvalue weighted by molar-refractivity contribution is -0.103. The maximum atomic E-state index is 12.7. The Bertz CT molecular complexity index is 600. The number of H-pyrrole nitrogens is 1. The van der Waals surface area contributed by atoms with E-state index < -0.39 is 21.9 Å². The Hall–Kier alpha value is -1.13. The minimum atomic E-state index is -3.55. The van der Waals surface area contributed by atoms with E-state index in [1.54, 1.807) is 0 Å². The highest BCUT2D eigenvalue weighted by Gasteiger charge is 2.46. The van der Waals surface area contributed by atoms with Gasteiger partial charge in [0.15, 0.2) is 5.82 Å². The number of rotatable bonds is 6. The summed E-state index contributed by atoms with van der Waals surface area (Å²) in [6.45, 7) is 0.149. The Morgan fingerprint density at radius 3 is 2.82 bits per heavy atom. The lowest BCUT2D eigenvalue weighted by atomic mass is 9.83. The van der Waals surface area contributed by atoms with Crippen LogP contribution in [0, 0.1) is 5.92 Å². The molecular weight excluding hydrogens is 318 g/mol. The Balaban J connectivity index is 1.43. The highest BCUT2D eigenvalue weighted by atomic mass is 32.2. The monoisotopic (exact) mass is 336 g/mol. The zero-order chi connectivity index (χ0) is 15.8. The molecule has 1 saturated heterocycles. The molecule has 0 amide bonds. The molecule has 7 nitrogen and oxygen atoms in total. The second-order valence-electron chi connectivity index (χ2n) is 5.95. The number of aromatic amines is 1. The second-order valence-corrected chi connectivity index (χ2v) is 7.81. The van der Waals surface area contributed by atoms with Gasteiger partial charge < -0.3 is 4.74 Å². The van der Waals surface area contributed by atoms with E-state index in [1.165, 1.54) is 6.33 Å². The number of hydrogen-bond donors (Lipinski definition) is 2. The molecule has 2 fully saturated rings. The number of sulfonamides is 1. The first-order chi connectivity index (χ1) is 10.3. The van der Waals surface area contributed by atoms with Crippen molar-refractivity contribution in [1.82, 2.24) is 19.9 Å². The third-order valence-electron chi connectivity index (χ3n) is 4.01. The molecule has 10 heteroatoms. The number of halogens is 2. The SMILES string of the molecule is O=S(=O)(CC1CC(F)(F)C1)NC[C@H]1CC[C@@H](c2ncn[nH]2)O1. The van der Waals surface area contributed by atoms with Gasteiger partial charge in [0.1, 0.15) is 12.4 Å². The molecule has 0 spiro atoms. The van der Waals surface area contributed by atoms with E-state index in [-0.39, 0.29) is 37.3 Å². The fourth-order valence-corrected chi connectivity index (χ4v) is 4.33. The zero-order valence-corrected chi connectivity index (χ0v) is 12.7. The van der Waals surface area contributed by atoms with Crippen molar-refractivity contribution in [3.05, 3.63) is 12.2 Å². The molecule has 0 bridgehead atoms. The molecule has 1 aliphatic heterocycles. The van der Waals surface area contributed by atoms with Gasteiger partial charge in [0.25, 0.3) is 0 Å². The van der Waals surface area contributed by atoms with Gasteiger partial charge in [-0.15, -0.1) is 0 Å². The van der Waals surface area contributed by atoms with Crippen molar-refractivity contribution in [3.8, 4) is 0 Å². The van der Waals surface area contributed by atoms with E-state index in [0.29, 0.717) is 12.2 Å². The van der Waals surface area contributed by atoms with Crippen molar-refractivity contribution in [3.63, 3.8) is 0 Å². The van der Waals surface area contributed by atoms with E-state index in [2.05, 4.69) is 19.9 Å². The van der Waals surface area contributed by atoms with E-state index in [0.717, 1.165) is 6.42 Å². The molecule has 0 aromatic carbocycles. The maximum Gasteiger partial charge on any atom is 0.248 e. The molecule has 2 aliphatic rings. The number of alkyl halides is 2. The van der Waals surface area contributed by atoms with E-state index in [4.69, 9.17) is 4.74 Å². The molecule has 1 aromatic rings. The van der Waals surface area contributed by atoms with Crippen LogP contribution in [0.1, 0.15) is 37.6 Å². The van der Waals surface area contributed by atoms with Crippen LogP contribution in [0.25, 0.3) is 0 Å². The number of hydrogen-bond acceptors (Lipinski definition) is 5. The molecule has 2 heterocycles. The summed E-state index contributed by atoms with van der Waals surface area (Å²) in [7, 11) is -3.55. The molecule has 22 heavy (non-hydrogen) atoms. The van der Waals surface area contributed by atoms with Crippen LogP contribution in [0.4, 0.5) is 8.78 Å². The van der Waals surface area contributed by atoms with Gasteiger partial charge in [-0.05, 0) is 18.8 Å². The Morgan fingerprint density at radius 1 is 1.41 bits per heavy atom. The molecule has 3 rings (SSSR count). The highest BCUT2D eigenvalue weighted by molar-refractivity contribution is 7.89. The summed E-state index contributed by atoms with van der Waals surface area (Å²) in [5.74, 6) is -2.78. The molecule has 124 valence electrons. The molecule has 1 aliphatic carbocycles. The molecule has 0 unspecified atom stereocenters. The second kappa shape index (κ2) is 5.82. The standard InChI is InChI=1S/C12H18F2N4O3S/c13-12(14)3-8(4-12)6-22(19,20)17-5-9-1-2-10(21-9)11-15-7-16-18-11/h7-10,17H,1-6H2,(H,15,16,18)/t9-,10+/m1/s1. The largest absolute Gasteiger partial charge is 0.366 e. The maximum absolute atomic E-state index is 12.7. The van der Waals surface area contributed by atoms with Gasteiger partial charge in [0.05, 0.1) is 11.9 Å². The van der Waals surface area contributed by atoms with E-state index in [9.17, 15) is 17.2 Å². The van der Waals surface area contributed by atoms with Crippen LogP contribution in [0.5, 0.6) is 0 Å². The first-order valence-electron chi connectivity index (χ1n) is 7.19. The van der Waals surface area contributed by atoms with Gasteiger partial charge in [-0.3, -0.25) is 5.10 Å². The van der Waals surface area contributed by atoms with Crippen LogP contribution in [-0.2, 0) is 14.8 Å². The van der Waals surface area contributed by atoms with E-state index >= 15 is 0 Å². The van der Waals surface area contributed by atoms with Crippen LogP contribution < -0.4 is 4.72 Å². The summed E-state index contributed by atoms with van der Waals surface area (Å²) in [5, 5.41) is 6.47. The van der Waals surface area contributed by atoms with Crippen LogP contribution in [0.3, 0.4) is 0 Å². The van der Waals surface area contributed by atoms with Gasteiger partial charge in [-0.25, -0.2) is 26.9 Å². The van der Waals surface area contributed by atoms with Crippen molar-refractivity contribution >= 4 is 10.0 Å². The fraction of sp³-hybridized carbons (Fsp3) is 0.833. The average molecular weight is 336 g/mol. The number of ether oxygens (including phenoxy) is 1. The predicted molar refractivity (Wildman–Crippen MR) is 72.7 cm³/mol. The first-order valence-corrected chi connectivity index (χ1v) is 8.84. The highest BCUT2D eigenvalue weighted by Crippen LogP contribution is 2.42. The Kier molecular flexibility index (Phi) is 4.17. The smallest absolute Gasteiger partial charge is 0.248 e. The first kappa shape index (κ1) is 15.8. The molecule has 0 radical (unpaired) electrons. The van der Waals surface area contributed by atoms with Gasteiger partial charge in [-0.2, -0.15) is 5.10 Å². The molecule has 2 atom stereocenters. The van der Waals surface area contributed by atoms with Gasteiger partial charge in [0, 0.05) is 19.4 Å². The third-order valence-corrected chi connectivity index (χ3v) is 5.52. The Labute approximate surface area is 126 Å². The van der Waals surface area contributed by atoms with Gasteiger partial charge in [-0.1, -0.05) is 0 Å². The summed E-state index contributed by atoms with van der Waals surface area (Å²) < 4.78 is 57.3. The minimum Gasteiger partial charge on any atom is -0.366 e. The van der Waals surface area contributed by atoms with Crippen molar-refractivity contribution in [2.45, 2.75) is 43.8 Å². The third kappa shape index (κ3) is 3.79.